The molecule has 0 atom stereocenters. The standard InChI is InChI=1S/C21H18N4O8S2/c1-12-18(20(26)24(22-12)14-3-7-16(8-4-14)34(28,29)30)11-19-13(2)23-25(21(19)27)15-5-9-17(10-6-15)35(31,32)33/h3-11,22H,1-2H3,(H,28,29,30)(H,31,32,33). The molecule has 2 heterocycles. The Balaban J connectivity index is 1.68. The highest BCUT2D eigenvalue weighted by Gasteiger charge is 2.30. The maximum absolute atomic E-state index is 13.0. The van der Waals surface area contributed by atoms with Gasteiger partial charge in [0.1, 0.15) is 0 Å². The van der Waals surface area contributed by atoms with Gasteiger partial charge in [-0.2, -0.15) is 26.9 Å². The molecule has 3 N–H and O–H groups in total. The number of carbonyl (C=O) groups excluding carboxylic acids is 1. The van der Waals surface area contributed by atoms with E-state index in [9.17, 15) is 26.4 Å². The summed E-state index contributed by atoms with van der Waals surface area (Å²) in [7, 11) is -8.78. The number of H-pyrrole nitrogens is 1. The molecule has 35 heavy (non-hydrogen) atoms. The van der Waals surface area contributed by atoms with Gasteiger partial charge in [-0.25, -0.2) is 4.68 Å². The molecule has 1 aliphatic heterocycles. The number of amides is 1. The van der Waals surface area contributed by atoms with E-state index < -0.39 is 31.7 Å². The number of aromatic nitrogens is 2. The van der Waals surface area contributed by atoms with Gasteiger partial charge in [-0.05, 0) is 68.5 Å². The lowest BCUT2D eigenvalue weighted by Gasteiger charge is -2.11. The average molecular weight is 519 g/mol. The fourth-order valence-electron chi connectivity index (χ4n) is 3.44. The minimum absolute atomic E-state index is 0.136. The zero-order chi connectivity index (χ0) is 25.7. The summed E-state index contributed by atoms with van der Waals surface area (Å²) in [5.74, 6) is -0.550. The van der Waals surface area contributed by atoms with Crippen molar-refractivity contribution in [1.29, 1.82) is 0 Å². The summed E-state index contributed by atoms with van der Waals surface area (Å²) in [6.07, 6.45) is 1.38. The van der Waals surface area contributed by atoms with Gasteiger partial charge in [-0.3, -0.25) is 23.8 Å². The Labute approximate surface area is 199 Å². The Hall–Kier alpha value is -3.85. The third kappa shape index (κ3) is 4.59. The van der Waals surface area contributed by atoms with Crippen molar-refractivity contribution in [3.8, 4) is 5.69 Å². The predicted molar refractivity (Wildman–Crippen MR) is 126 cm³/mol. The monoisotopic (exact) mass is 518 g/mol. The zero-order valence-corrected chi connectivity index (χ0v) is 19.8. The van der Waals surface area contributed by atoms with Crippen molar-refractivity contribution in [3.63, 3.8) is 0 Å². The summed E-state index contributed by atoms with van der Waals surface area (Å²) < 4.78 is 64.3. The first-order valence-corrected chi connectivity index (χ1v) is 12.7. The van der Waals surface area contributed by atoms with Gasteiger partial charge >= 0.3 is 0 Å². The van der Waals surface area contributed by atoms with E-state index in [0.29, 0.717) is 17.1 Å². The fourth-order valence-corrected chi connectivity index (χ4v) is 4.40. The average Bonchev–Trinajstić information content (AvgIpc) is 3.23. The third-order valence-corrected chi connectivity index (χ3v) is 6.98. The van der Waals surface area contributed by atoms with Crippen LogP contribution in [0.25, 0.3) is 11.8 Å². The molecule has 0 bridgehead atoms. The van der Waals surface area contributed by atoms with Gasteiger partial charge in [-0.15, -0.1) is 0 Å². The van der Waals surface area contributed by atoms with E-state index in [1.54, 1.807) is 13.8 Å². The molecule has 1 aromatic heterocycles. The maximum atomic E-state index is 13.0. The number of hydrazone groups is 1. The van der Waals surface area contributed by atoms with Crippen LogP contribution in [0.15, 0.2) is 73.8 Å². The number of rotatable bonds is 5. The minimum atomic E-state index is -4.39. The molecule has 2 aromatic carbocycles. The number of hydrogen-bond acceptors (Lipinski definition) is 7. The van der Waals surface area contributed by atoms with Crippen molar-refractivity contribution >= 4 is 43.6 Å². The summed E-state index contributed by atoms with van der Waals surface area (Å²) >= 11 is 0. The highest BCUT2D eigenvalue weighted by atomic mass is 32.2. The lowest BCUT2D eigenvalue weighted by molar-refractivity contribution is -0.114. The van der Waals surface area contributed by atoms with E-state index in [1.807, 2.05) is 0 Å². The van der Waals surface area contributed by atoms with Gasteiger partial charge in [0.25, 0.3) is 31.7 Å². The first kappa shape index (κ1) is 24.3. The molecular weight excluding hydrogens is 500 g/mol. The van der Waals surface area contributed by atoms with Crippen LogP contribution in [0.5, 0.6) is 0 Å². The quantitative estimate of drug-likeness (QED) is 0.338. The van der Waals surface area contributed by atoms with Crippen LogP contribution < -0.4 is 10.6 Å². The largest absolute Gasteiger partial charge is 0.295 e. The highest BCUT2D eigenvalue weighted by Crippen LogP contribution is 2.26. The van der Waals surface area contributed by atoms with Crippen LogP contribution in [0.2, 0.25) is 0 Å². The van der Waals surface area contributed by atoms with Crippen LogP contribution in [0.1, 0.15) is 18.2 Å². The summed E-state index contributed by atoms with van der Waals surface area (Å²) in [5.41, 5.74) is 1.11. The number of nitrogens with zero attached hydrogens (tertiary/aromatic N) is 3. The van der Waals surface area contributed by atoms with E-state index in [-0.39, 0.29) is 26.6 Å². The lowest BCUT2D eigenvalue weighted by atomic mass is 10.1. The molecule has 182 valence electrons. The van der Waals surface area contributed by atoms with Crippen LogP contribution in [0.4, 0.5) is 5.69 Å². The molecular formula is C21H18N4O8S2. The molecule has 0 saturated heterocycles. The van der Waals surface area contributed by atoms with Crippen molar-refractivity contribution in [3.05, 3.63) is 75.7 Å². The number of anilines is 1. The van der Waals surface area contributed by atoms with E-state index in [0.717, 1.165) is 34.0 Å². The number of carbonyl (C=O) groups is 1. The Morgan fingerprint density at radius 2 is 1.31 bits per heavy atom. The molecule has 0 radical (unpaired) electrons. The van der Waals surface area contributed by atoms with Gasteiger partial charge in [0.05, 0.1) is 38.0 Å². The predicted octanol–water partition coefficient (Wildman–Crippen LogP) is 1.77. The molecule has 0 aliphatic carbocycles. The van der Waals surface area contributed by atoms with Crippen molar-refractivity contribution in [2.24, 2.45) is 5.10 Å². The van der Waals surface area contributed by atoms with E-state index in [4.69, 9.17) is 9.11 Å². The first-order chi connectivity index (χ1) is 16.3. The molecule has 1 aliphatic rings. The molecule has 1 amide bonds. The van der Waals surface area contributed by atoms with Gasteiger partial charge in [0.2, 0.25) is 0 Å². The molecule has 12 nitrogen and oxygen atoms in total. The molecule has 0 spiro atoms. The van der Waals surface area contributed by atoms with Crippen molar-refractivity contribution in [1.82, 2.24) is 9.78 Å². The topological polar surface area (TPSA) is 179 Å². The van der Waals surface area contributed by atoms with E-state index in [1.165, 1.54) is 30.3 Å². The zero-order valence-electron chi connectivity index (χ0n) is 18.2. The molecule has 3 aromatic rings. The van der Waals surface area contributed by atoms with Gasteiger partial charge in [0, 0.05) is 5.69 Å². The van der Waals surface area contributed by atoms with Crippen LogP contribution in [-0.2, 0) is 25.0 Å². The van der Waals surface area contributed by atoms with Crippen molar-refractivity contribution < 1.29 is 30.7 Å². The Morgan fingerprint density at radius 1 is 0.829 bits per heavy atom. The summed E-state index contributed by atoms with van der Waals surface area (Å²) in [6.45, 7) is 3.19. The number of aromatic amines is 1. The smallest absolute Gasteiger partial charge is 0.294 e. The maximum Gasteiger partial charge on any atom is 0.294 e. The molecule has 14 heteroatoms. The Bertz CT molecular complexity index is 1680. The second-order valence-electron chi connectivity index (χ2n) is 7.59. The van der Waals surface area contributed by atoms with Gasteiger partial charge in [-0.1, -0.05) is 0 Å². The molecule has 0 saturated carbocycles. The van der Waals surface area contributed by atoms with Crippen molar-refractivity contribution in [2.75, 3.05) is 5.01 Å². The highest BCUT2D eigenvalue weighted by molar-refractivity contribution is 7.86. The van der Waals surface area contributed by atoms with Crippen LogP contribution >= 0.6 is 0 Å². The Morgan fingerprint density at radius 3 is 1.80 bits per heavy atom. The SMILES string of the molecule is CC1=NN(c2ccc(S(=O)(=O)O)cc2)C(=O)C1=Cc1c(C)[nH]n(-c2ccc(S(=O)(=O)O)cc2)c1=O. The molecule has 0 fully saturated rings. The van der Waals surface area contributed by atoms with Gasteiger partial charge < -0.3 is 0 Å². The number of hydrogen-bond donors (Lipinski definition) is 3. The Kier molecular flexibility index (Phi) is 5.84. The summed E-state index contributed by atoms with van der Waals surface area (Å²) in [4.78, 5) is 25.4. The van der Waals surface area contributed by atoms with E-state index >= 15 is 0 Å². The van der Waals surface area contributed by atoms with Crippen LogP contribution in [0, 0.1) is 6.92 Å². The lowest BCUT2D eigenvalue weighted by Crippen LogP contribution is -2.22. The molecule has 0 unspecified atom stereocenters. The fraction of sp³-hybridized carbons (Fsp3) is 0.0952. The van der Waals surface area contributed by atoms with Crippen molar-refractivity contribution in [2.45, 2.75) is 23.6 Å². The molecule has 4 rings (SSSR count). The minimum Gasteiger partial charge on any atom is -0.295 e. The van der Waals surface area contributed by atoms with Gasteiger partial charge in [0.15, 0.2) is 0 Å². The summed E-state index contributed by atoms with van der Waals surface area (Å²) in [5, 5.41) is 8.09. The van der Waals surface area contributed by atoms with E-state index in [2.05, 4.69) is 10.2 Å². The van der Waals surface area contributed by atoms with Crippen LogP contribution in [0.3, 0.4) is 0 Å². The third-order valence-electron chi connectivity index (χ3n) is 5.24. The number of nitrogens with one attached hydrogen (secondary N) is 1. The normalized spacial score (nSPS) is 15.7. The second-order valence-corrected chi connectivity index (χ2v) is 10.4. The number of aryl methyl sites for hydroxylation is 1. The first-order valence-electron chi connectivity index (χ1n) is 9.86. The summed E-state index contributed by atoms with van der Waals surface area (Å²) in [6, 6.07) is 9.85. The second kappa shape index (κ2) is 8.42. The number of benzene rings is 2. The van der Waals surface area contributed by atoms with Crippen LogP contribution in [-0.4, -0.2) is 47.3 Å².